The van der Waals surface area contributed by atoms with Crippen molar-refractivity contribution >= 4 is 23.3 Å². The van der Waals surface area contributed by atoms with Gasteiger partial charge in [0.15, 0.2) is 0 Å². The fourth-order valence-electron chi connectivity index (χ4n) is 1.85. The zero-order valence-electron chi connectivity index (χ0n) is 10.8. The highest BCUT2D eigenvalue weighted by Gasteiger charge is 2.02. The van der Waals surface area contributed by atoms with Crippen molar-refractivity contribution in [2.45, 2.75) is 13.8 Å². The number of aryl methyl sites for hydroxylation is 2. The zero-order valence-corrected chi connectivity index (χ0v) is 10.8. The summed E-state index contributed by atoms with van der Waals surface area (Å²) in [4.78, 5) is 8.20. The van der Waals surface area contributed by atoms with Crippen LogP contribution in [-0.4, -0.2) is 17.0 Å². The molecule has 0 radical (unpaired) electrons. The molecule has 18 heavy (non-hydrogen) atoms. The minimum Gasteiger partial charge on any atom is -0.373 e. The average molecular weight is 243 g/mol. The number of anilines is 4. The van der Waals surface area contributed by atoms with Gasteiger partial charge in [0.1, 0.15) is 11.6 Å². The van der Waals surface area contributed by atoms with E-state index in [2.05, 4.69) is 52.6 Å². The molecule has 0 saturated carbocycles. The van der Waals surface area contributed by atoms with E-state index < -0.39 is 0 Å². The minimum atomic E-state index is 0.244. The predicted molar refractivity (Wildman–Crippen MR) is 75.2 cm³/mol. The van der Waals surface area contributed by atoms with Gasteiger partial charge in [-0.3, -0.25) is 0 Å². The van der Waals surface area contributed by atoms with Gasteiger partial charge >= 0.3 is 0 Å². The van der Waals surface area contributed by atoms with Crippen LogP contribution in [-0.2, 0) is 0 Å². The summed E-state index contributed by atoms with van der Waals surface area (Å²) in [7, 11) is 1.79. The minimum absolute atomic E-state index is 0.244. The quantitative estimate of drug-likeness (QED) is 0.772. The van der Waals surface area contributed by atoms with Crippen molar-refractivity contribution in [1.29, 1.82) is 0 Å². The molecule has 0 aliphatic rings. The van der Waals surface area contributed by atoms with Crippen LogP contribution in [0.4, 0.5) is 23.3 Å². The van der Waals surface area contributed by atoms with Crippen LogP contribution in [0, 0.1) is 13.8 Å². The third kappa shape index (κ3) is 2.88. The molecule has 0 bridgehead atoms. The SMILES string of the molecule is CNc1cc(Nc2cc(C)cc(C)c2)nc(N)n1. The maximum atomic E-state index is 5.65. The number of hydrogen-bond acceptors (Lipinski definition) is 5. The lowest BCUT2D eigenvalue weighted by Crippen LogP contribution is -2.03. The Labute approximate surface area is 106 Å². The molecule has 94 valence electrons. The van der Waals surface area contributed by atoms with Gasteiger partial charge in [-0.05, 0) is 37.1 Å². The van der Waals surface area contributed by atoms with Crippen molar-refractivity contribution in [3.8, 4) is 0 Å². The van der Waals surface area contributed by atoms with Crippen molar-refractivity contribution in [3.05, 3.63) is 35.4 Å². The molecule has 5 heteroatoms. The number of nitrogens with two attached hydrogens (primary N) is 1. The molecule has 1 aromatic carbocycles. The topological polar surface area (TPSA) is 75.9 Å². The third-order valence-corrected chi connectivity index (χ3v) is 2.49. The summed E-state index contributed by atoms with van der Waals surface area (Å²) in [5.41, 5.74) is 9.04. The first-order chi connectivity index (χ1) is 8.56. The number of hydrogen-bond donors (Lipinski definition) is 3. The molecule has 0 unspecified atom stereocenters. The standard InChI is InChI=1S/C13H17N5/c1-8-4-9(2)6-10(5-8)16-12-7-11(15-3)17-13(14)18-12/h4-7H,1-3H3,(H4,14,15,16,17,18). The Hall–Kier alpha value is -2.30. The smallest absolute Gasteiger partial charge is 0.223 e. The summed E-state index contributed by atoms with van der Waals surface area (Å²) in [5, 5.41) is 6.18. The van der Waals surface area contributed by atoms with Crippen molar-refractivity contribution < 1.29 is 0 Å². The van der Waals surface area contributed by atoms with Gasteiger partial charge in [-0.1, -0.05) is 6.07 Å². The van der Waals surface area contributed by atoms with E-state index in [0.717, 1.165) is 5.69 Å². The Morgan fingerprint density at radius 3 is 2.17 bits per heavy atom. The van der Waals surface area contributed by atoms with Crippen LogP contribution in [0.25, 0.3) is 0 Å². The third-order valence-electron chi connectivity index (χ3n) is 2.49. The van der Waals surface area contributed by atoms with E-state index in [1.54, 1.807) is 7.05 Å². The lowest BCUT2D eigenvalue weighted by Gasteiger charge is -2.09. The number of rotatable bonds is 3. The molecule has 4 N–H and O–H groups in total. The first-order valence-corrected chi connectivity index (χ1v) is 5.74. The molecule has 0 amide bonds. The Kier molecular flexibility index (Phi) is 3.32. The molecule has 0 spiro atoms. The number of nitrogens with zero attached hydrogens (tertiary/aromatic N) is 2. The number of aromatic nitrogens is 2. The maximum absolute atomic E-state index is 5.65. The van der Waals surface area contributed by atoms with Crippen molar-refractivity contribution in [2.75, 3.05) is 23.4 Å². The van der Waals surface area contributed by atoms with Crippen LogP contribution < -0.4 is 16.4 Å². The highest BCUT2D eigenvalue weighted by molar-refractivity contribution is 5.61. The molecule has 0 aliphatic carbocycles. The second-order valence-corrected chi connectivity index (χ2v) is 4.25. The second-order valence-electron chi connectivity index (χ2n) is 4.25. The fraction of sp³-hybridized carbons (Fsp3) is 0.231. The van der Waals surface area contributed by atoms with Crippen LogP contribution in [0.5, 0.6) is 0 Å². The van der Waals surface area contributed by atoms with E-state index in [4.69, 9.17) is 5.73 Å². The van der Waals surface area contributed by atoms with E-state index >= 15 is 0 Å². The van der Waals surface area contributed by atoms with Gasteiger partial charge in [0.05, 0.1) is 0 Å². The fourth-order valence-corrected chi connectivity index (χ4v) is 1.85. The Balaban J connectivity index is 2.30. The second kappa shape index (κ2) is 4.91. The normalized spacial score (nSPS) is 10.2. The first-order valence-electron chi connectivity index (χ1n) is 5.74. The van der Waals surface area contributed by atoms with Crippen molar-refractivity contribution in [2.24, 2.45) is 0 Å². The molecule has 2 aromatic rings. The molecule has 0 saturated heterocycles. The number of nitrogens with one attached hydrogen (secondary N) is 2. The van der Waals surface area contributed by atoms with Crippen LogP contribution in [0.15, 0.2) is 24.3 Å². The highest BCUT2D eigenvalue weighted by atomic mass is 15.1. The van der Waals surface area contributed by atoms with Crippen LogP contribution in [0.1, 0.15) is 11.1 Å². The molecular formula is C13H17N5. The van der Waals surface area contributed by atoms with Crippen LogP contribution >= 0.6 is 0 Å². The van der Waals surface area contributed by atoms with Gasteiger partial charge in [-0.25, -0.2) is 0 Å². The predicted octanol–water partition coefficient (Wildman–Crippen LogP) is 2.46. The average Bonchev–Trinajstić information content (AvgIpc) is 2.26. The molecule has 0 atom stereocenters. The van der Waals surface area contributed by atoms with Gasteiger partial charge in [0.25, 0.3) is 0 Å². The molecule has 1 heterocycles. The lowest BCUT2D eigenvalue weighted by molar-refractivity contribution is 1.17. The van der Waals surface area contributed by atoms with Gasteiger partial charge in [0.2, 0.25) is 5.95 Å². The van der Waals surface area contributed by atoms with E-state index in [1.807, 2.05) is 6.07 Å². The van der Waals surface area contributed by atoms with Crippen molar-refractivity contribution in [1.82, 2.24) is 9.97 Å². The Morgan fingerprint density at radius 1 is 0.944 bits per heavy atom. The summed E-state index contributed by atoms with van der Waals surface area (Å²) in [6.45, 7) is 4.12. The van der Waals surface area contributed by atoms with Gasteiger partial charge in [-0.2, -0.15) is 9.97 Å². The first kappa shape index (κ1) is 12.2. The summed E-state index contributed by atoms with van der Waals surface area (Å²) in [6, 6.07) is 8.06. The monoisotopic (exact) mass is 243 g/mol. The van der Waals surface area contributed by atoms with E-state index in [-0.39, 0.29) is 5.95 Å². The van der Waals surface area contributed by atoms with E-state index in [9.17, 15) is 0 Å². The summed E-state index contributed by atoms with van der Waals surface area (Å²) in [5.74, 6) is 1.61. The highest BCUT2D eigenvalue weighted by Crippen LogP contribution is 2.20. The summed E-state index contributed by atoms with van der Waals surface area (Å²) < 4.78 is 0. The van der Waals surface area contributed by atoms with Gasteiger partial charge in [0, 0.05) is 18.8 Å². The van der Waals surface area contributed by atoms with E-state index in [1.165, 1.54) is 11.1 Å². The molecule has 2 rings (SSSR count). The zero-order chi connectivity index (χ0) is 13.1. The van der Waals surface area contributed by atoms with Gasteiger partial charge < -0.3 is 16.4 Å². The molecule has 0 aliphatic heterocycles. The summed E-state index contributed by atoms with van der Waals surface area (Å²) in [6.07, 6.45) is 0. The van der Waals surface area contributed by atoms with E-state index in [0.29, 0.717) is 11.6 Å². The molecule has 0 fully saturated rings. The molecule has 5 nitrogen and oxygen atoms in total. The van der Waals surface area contributed by atoms with Crippen molar-refractivity contribution in [3.63, 3.8) is 0 Å². The summed E-state index contributed by atoms with van der Waals surface area (Å²) >= 11 is 0. The van der Waals surface area contributed by atoms with Crippen LogP contribution in [0.3, 0.4) is 0 Å². The van der Waals surface area contributed by atoms with Gasteiger partial charge in [-0.15, -0.1) is 0 Å². The number of benzene rings is 1. The molecular weight excluding hydrogens is 226 g/mol. The molecule has 1 aromatic heterocycles. The maximum Gasteiger partial charge on any atom is 0.223 e. The lowest BCUT2D eigenvalue weighted by atomic mass is 10.1. The van der Waals surface area contributed by atoms with Crippen LogP contribution in [0.2, 0.25) is 0 Å². The Morgan fingerprint density at radius 2 is 1.56 bits per heavy atom. The number of nitrogen functional groups attached to an aromatic ring is 1. The Bertz CT molecular complexity index is 545. The largest absolute Gasteiger partial charge is 0.373 e.